The normalized spacial score (nSPS) is 15.1. The Hall–Kier alpha value is -1.20. The summed E-state index contributed by atoms with van der Waals surface area (Å²) in [6.07, 6.45) is 0.672. The van der Waals surface area contributed by atoms with E-state index < -0.39 is 5.54 Å². The molecule has 0 aromatic heterocycles. The van der Waals surface area contributed by atoms with E-state index in [2.05, 4.69) is 12.2 Å². The van der Waals surface area contributed by atoms with Crippen LogP contribution in [-0.2, 0) is 9.53 Å². The molecule has 1 aromatic rings. The molecule has 1 rings (SSSR count). The monoisotopic (exact) mass is 311 g/mol. The number of nitrogens with one attached hydrogen (secondary N) is 1. The Labute approximate surface area is 131 Å². The second kappa shape index (κ2) is 8.29. The fraction of sp³-hybridized carbons (Fsp3) is 0.562. The SMILES string of the molecule is CCOC(=O)C(C)(CC(C)Sc1ccccc1OC)NC. The lowest BCUT2D eigenvalue weighted by atomic mass is 9.96. The van der Waals surface area contributed by atoms with E-state index in [4.69, 9.17) is 9.47 Å². The number of hydrogen-bond donors (Lipinski definition) is 1. The van der Waals surface area contributed by atoms with E-state index in [-0.39, 0.29) is 11.2 Å². The summed E-state index contributed by atoms with van der Waals surface area (Å²) in [5.41, 5.74) is -0.676. The van der Waals surface area contributed by atoms with E-state index >= 15 is 0 Å². The first-order valence-electron chi connectivity index (χ1n) is 7.12. The van der Waals surface area contributed by atoms with Crippen LogP contribution in [0.2, 0.25) is 0 Å². The van der Waals surface area contributed by atoms with Crippen LogP contribution in [0.1, 0.15) is 27.2 Å². The van der Waals surface area contributed by atoms with Gasteiger partial charge >= 0.3 is 5.97 Å². The van der Waals surface area contributed by atoms with Crippen molar-refractivity contribution < 1.29 is 14.3 Å². The highest BCUT2D eigenvalue weighted by Crippen LogP contribution is 2.34. The van der Waals surface area contributed by atoms with Crippen molar-refractivity contribution in [2.24, 2.45) is 0 Å². The Balaban J connectivity index is 2.75. The van der Waals surface area contributed by atoms with Gasteiger partial charge < -0.3 is 14.8 Å². The first-order valence-corrected chi connectivity index (χ1v) is 8.00. The molecule has 0 spiro atoms. The predicted octanol–water partition coefficient (Wildman–Crippen LogP) is 3.11. The van der Waals surface area contributed by atoms with Crippen molar-refractivity contribution in [2.75, 3.05) is 20.8 Å². The molecule has 2 unspecified atom stereocenters. The maximum Gasteiger partial charge on any atom is 0.326 e. The van der Waals surface area contributed by atoms with Gasteiger partial charge in [0, 0.05) is 10.1 Å². The second-order valence-corrected chi connectivity index (χ2v) is 6.57. The van der Waals surface area contributed by atoms with Gasteiger partial charge in [-0.15, -0.1) is 11.8 Å². The summed E-state index contributed by atoms with van der Waals surface area (Å²) < 4.78 is 10.5. The molecule has 0 amide bonds. The number of esters is 1. The van der Waals surface area contributed by atoms with Crippen LogP contribution < -0.4 is 10.1 Å². The first-order chi connectivity index (χ1) is 9.96. The van der Waals surface area contributed by atoms with E-state index in [1.807, 2.05) is 38.1 Å². The molecule has 1 N–H and O–H groups in total. The molecule has 0 bridgehead atoms. The molecule has 0 radical (unpaired) electrons. The summed E-state index contributed by atoms with van der Waals surface area (Å²) >= 11 is 1.70. The van der Waals surface area contributed by atoms with E-state index in [9.17, 15) is 4.79 Å². The summed E-state index contributed by atoms with van der Waals surface area (Å²) in [6.45, 7) is 6.20. The van der Waals surface area contributed by atoms with Crippen LogP contribution in [0.3, 0.4) is 0 Å². The van der Waals surface area contributed by atoms with Gasteiger partial charge in [0.25, 0.3) is 0 Å². The molecule has 2 atom stereocenters. The summed E-state index contributed by atoms with van der Waals surface area (Å²) in [6, 6.07) is 7.91. The average molecular weight is 311 g/mol. The Bertz CT molecular complexity index is 467. The number of benzene rings is 1. The zero-order chi connectivity index (χ0) is 15.9. The molecule has 21 heavy (non-hydrogen) atoms. The number of ether oxygens (including phenoxy) is 2. The van der Waals surface area contributed by atoms with Crippen molar-refractivity contribution in [1.82, 2.24) is 5.32 Å². The zero-order valence-corrected chi connectivity index (χ0v) is 14.3. The van der Waals surface area contributed by atoms with Crippen LogP contribution in [-0.4, -0.2) is 37.5 Å². The largest absolute Gasteiger partial charge is 0.496 e. The quantitative estimate of drug-likeness (QED) is 0.590. The molecule has 4 nitrogen and oxygen atoms in total. The molecule has 5 heteroatoms. The smallest absolute Gasteiger partial charge is 0.326 e. The first kappa shape index (κ1) is 17.9. The van der Waals surface area contributed by atoms with Gasteiger partial charge in [-0.3, -0.25) is 4.79 Å². The lowest BCUT2D eigenvalue weighted by Crippen LogP contribution is -2.50. The molecular formula is C16H25NO3S. The van der Waals surface area contributed by atoms with Crippen molar-refractivity contribution in [3.63, 3.8) is 0 Å². The highest BCUT2D eigenvalue weighted by molar-refractivity contribution is 8.00. The van der Waals surface area contributed by atoms with E-state index in [0.717, 1.165) is 10.6 Å². The molecule has 0 saturated heterocycles. The number of methoxy groups -OCH3 is 1. The summed E-state index contributed by atoms with van der Waals surface area (Å²) in [5.74, 6) is 0.650. The fourth-order valence-corrected chi connectivity index (χ4v) is 3.40. The third-order valence-electron chi connectivity index (χ3n) is 3.37. The van der Waals surface area contributed by atoms with Crippen LogP contribution in [0.4, 0.5) is 0 Å². The molecule has 0 aliphatic rings. The van der Waals surface area contributed by atoms with Crippen LogP contribution in [0.25, 0.3) is 0 Å². The van der Waals surface area contributed by atoms with Crippen molar-refractivity contribution in [1.29, 1.82) is 0 Å². The molecule has 0 fully saturated rings. The summed E-state index contributed by atoms with van der Waals surface area (Å²) in [4.78, 5) is 13.2. The topological polar surface area (TPSA) is 47.6 Å². The van der Waals surface area contributed by atoms with Crippen molar-refractivity contribution in [3.05, 3.63) is 24.3 Å². The third kappa shape index (κ3) is 4.93. The van der Waals surface area contributed by atoms with Crippen LogP contribution in [0.5, 0.6) is 5.75 Å². The highest BCUT2D eigenvalue weighted by atomic mass is 32.2. The van der Waals surface area contributed by atoms with Gasteiger partial charge in [0.05, 0.1) is 13.7 Å². The Morgan fingerprint density at radius 2 is 2.10 bits per heavy atom. The highest BCUT2D eigenvalue weighted by Gasteiger charge is 2.34. The second-order valence-electron chi connectivity index (χ2n) is 5.09. The standard InChI is InChI=1S/C16H25NO3S/c1-6-20-15(18)16(3,17-4)11-12(2)21-14-10-8-7-9-13(14)19-5/h7-10,12,17H,6,11H2,1-5H3. The van der Waals surface area contributed by atoms with Gasteiger partial charge in [0.2, 0.25) is 0 Å². The lowest BCUT2D eigenvalue weighted by molar-refractivity contribution is -0.150. The number of thioether (sulfide) groups is 1. The Morgan fingerprint density at radius 3 is 2.67 bits per heavy atom. The maximum atomic E-state index is 12.1. The number of likely N-dealkylation sites (N-methyl/N-ethyl adjacent to an activating group) is 1. The number of carbonyl (C=O) groups excluding carboxylic acids is 1. The number of para-hydroxylation sites is 1. The Kier molecular flexibility index (Phi) is 7.05. The van der Waals surface area contributed by atoms with E-state index in [0.29, 0.717) is 13.0 Å². The lowest BCUT2D eigenvalue weighted by Gasteiger charge is -2.29. The van der Waals surface area contributed by atoms with Crippen LogP contribution in [0, 0.1) is 0 Å². The van der Waals surface area contributed by atoms with Crippen LogP contribution >= 0.6 is 11.8 Å². The van der Waals surface area contributed by atoms with Gasteiger partial charge in [0.15, 0.2) is 0 Å². The summed E-state index contributed by atoms with van der Waals surface area (Å²) in [5, 5.41) is 3.33. The molecule has 118 valence electrons. The van der Waals surface area contributed by atoms with Crippen LogP contribution in [0.15, 0.2) is 29.2 Å². The van der Waals surface area contributed by atoms with Gasteiger partial charge in [-0.2, -0.15) is 0 Å². The Morgan fingerprint density at radius 1 is 1.43 bits per heavy atom. The average Bonchev–Trinajstić information content (AvgIpc) is 2.47. The van der Waals surface area contributed by atoms with Crippen molar-refractivity contribution >= 4 is 17.7 Å². The van der Waals surface area contributed by atoms with Gasteiger partial charge in [-0.1, -0.05) is 19.1 Å². The molecular weight excluding hydrogens is 286 g/mol. The predicted molar refractivity (Wildman–Crippen MR) is 87.0 cm³/mol. The van der Waals surface area contributed by atoms with Gasteiger partial charge in [0.1, 0.15) is 11.3 Å². The van der Waals surface area contributed by atoms with Gasteiger partial charge in [-0.25, -0.2) is 0 Å². The minimum atomic E-state index is -0.676. The molecule has 0 aliphatic heterocycles. The molecule has 0 heterocycles. The fourth-order valence-electron chi connectivity index (χ4n) is 2.13. The van der Waals surface area contributed by atoms with Gasteiger partial charge in [-0.05, 0) is 39.4 Å². The summed E-state index contributed by atoms with van der Waals surface area (Å²) in [7, 11) is 3.46. The van der Waals surface area contributed by atoms with E-state index in [1.54, 1.807) is 25.9 Å². The van der Waals surface area contributed by atoms with E-state index in [1.165, 1.54) is 0 Å². The minimum Gasteiger partial charge on any atom is -0.496 e. The number of rotatable bonds is 8. The van der Waals surface area contributed by atoms with Crippen molar-refractivity contribution in [3.8, 4) is 5.75 Å². The minimum absolute atomic E-state index is 0.208. The molecule has 1 aromatic carbocycles. The number of carbonyl (C=O) groups is 1. The zero-order valence-electron chi connectivity index (χ0n) is 13.4. The third-order valence-corrected chi connectivity index (χ3v) is 4.53. The number of hydrogen-bond acceptors (Lipinski definition) is 5. The maximum absolute atomic E-state index is 12.1. The van der Waals surface area contributed by atoms with Crippen molar-refractivity contribution in [2.45, 2.75) is 42.9 Å². The molecule has 0 saturated carbocycles. The molecule has 0 aliphatic carbocycles.